The summed E-state index contributed by atoms with van der Waals surface area (Å²) in [6, 6.07) is 6.73. The molecule has 0 aliphatic carbocycles. The van der Waals surface area contributed by atoms with Gasteiger partial charge in [-0.2, -0.15) is 0 Å². The lowest BCUT2D eigenvalue weighted by atomic mass is 9.91. The Kier molecular flexibility index (Phi) is 4.17. The third kappa shape index (κ3) is 2.65. The van der Waals surface area contributed by atoms with Gasteiger partial charge >= 0.3 is 0 Å². The highest BCUT2D eigenvalue weighted by Gasteiger charge is 2.25. The van der Waals surface area contributed by atoms with E-state index in [-0.39, 0.29) is 6.04 Å². The monoisotopic (exact) mass is 303 g/mol. The molecule has 0 saturated heterocycles. The van der Waals surface area contributed by atoms with Gasteiger partial charge in [-0.1, -0.05) is 0 Å². The lowest BCUT2D eigenvalue weighted by molar-refractivity contribution is 0.309. The van der Waals surface area contributed by atoms with E-state index in [0.717, 1.165) is 24.5 Å². The van der Waals surface area contributed by atoms with Gasteiger partial charge in [-0.05, 0) is 60.5 Å². The van der Waals surface area contributed by atoms with Crippen LogP contribution in [-0.2, 0) is 6.42 Å². The Bertz CT molecular complexity index is 636. The number of nitrogens with one attached hydrogen (secondary N) is 1. The van der Waals surface area contributed by atoms with E-state index in [2.05, 4.69) is 35.8 Å². The molecule has 2 heterocycles. The third-order valence-electron chi connectivity index (χ3n) is 3.94. The van der Waals surface area contributed by atoms with Crippen molar-refractivity contribution in [2.24, 2.45) is 0 Å². The number of hydrogen-bond acceptors (Lipinski definition) is 4. The van der Waals surface area contributed by atoms with Crippen LogP contribution in [0.5, 0.6) is 11.5 Å². The van der Waals surface area contributed by atoms with Crippen LogP contribution in [0.25, 0.3) is 0 Å². The van der Waals surface area contributed by atoms with E-state index in [1.165, 1.54) is 21.6 Å². The maximum atomic E-state index is 5.74. The molecule has 3 nitrogen and oxygen atoms in total. The normalized spacial score (nSPS) is 17.4. The molecule has 1 unspecified atom stereocenters. The van der Waals surface area contributed by atoms with Crippen LogP contribution in [0.4, 0.5) is 0 Å². The lowest BCUT2D eigenvalue weighted by Gasteiger charge is -2.28. The fourth-order valence-corrected chi connectivity index (χ4v) is 3.93. The molecule has 112 valence electrons. The summed E-state index contributed by atoms with van der Waals surface area (Å²) < 4.78 is 11.2. The number of thiophene rings is 1. The highest BCUT2D eigenvalue weighted by atomic mass is 32.1. The van der Waals surface area contributed by atoms with Crippen molar-refractivity contribution in [3.63, 3.8) is 0 Å². The Morgan fingerprint density at radius 2 is 2.19 bits per heavy atom. The molecule has 1 N–H and O–H groups in total. The van der Waals surface area contributed by atoms with Gasteiger partial charge < -0.3 is 14.8 Å². The van der Waals surface area contributed by atoms with Gasteiger partial charge in [-0.15, -0.1) is 11.3 Å². The third-order valence-corrected chi connectivity index (χ3v) is 5.03. The van der Waals surface area contributed by atoms with Crippen molar-refractivity contribution in [1.29, 1.82) is 0 Å². The molecule has 1 aromatic heterocycles. The quantitative estimate of drug-likeness (QED) is 0.934. The zero-order chi connectivity index (χ0) is 14.8. The summed E-state index contributed by atoms with van der Waals surface area (Å²) in [5, 5.41) is 5.80. The second-order valence-corrected chi connectivity index (χ2v) is 6.19. The van der Waals surface area contributed by atoms with Gasteiger partial charge in [0.15, 0.2) is 11.5 Å². The van der Waals surface area contributed by atoms with Gasteiger partial charge in [-0.3, -0.25) is 0 Å². The standard InChI is InChI=1S/C17H21NO2S/c1-4-20-15-10-13-12(9-14(15)19-3)5-7-18-16(13)17-11(2)6-8-21-17/h6,8-10,16,18H,4-5,7H2,1-3H3. The molecular weight excluding hydrogens is 282 g/mol. The minimum atomic E-state index is 0.263. The van der Waals surface area contributed by atoms with Crippen LogP contribution in [0.1, 0.15) is 34.5 Å². The van der Waals surface area contributed by atoms with Crippen molar-refractivity contribution in [2.75, 3.05) is 20.3 Å². The smallest absolute Gasteiger partial charge is 0.161 e. The summed E-state index contributed by atoms with van der Waals surface area (Å²) >= 11 is 1.81. The van der Waals surface area contributed by atoms with E-state index in [0.29, 0.717) is 6.61 Å². The topological polar surface area (TPSA) is 30.5 Å². The molecule has 1 aromatic carbocycles. The molecule has 1 atom stereocenters. The first kappa shape index (κ1) is 14.4. The number of hydrogen-bond donors (Lipinski definition) is 1. The van der Waals surface area contributed by atoms with Crippen molar-refractivity contribution >= 4 is 11.3 Å². The van der Waals surface area contributed by atoms with Gasteiger partial charge in [0.1, 0.15) is 0 Å². The molecule has 3 rings (SSSR count). The van der Waals surface area contributed by atoms with Crippen LogP contribution in [-0.4, -0.2) is 20.3 Å². The predicted octanol–water partition coefficient (Wildman–Crippen LogP) is 3.70. The van der Waals surface area contributed by atoms with Crippen molar-refractivity contribution in [2.45, 2.75) is 26.3 Å². The molecule has 0 amide bonds. The fraction of sp³-hybridized carbons (Fsp3) is 0.412. The summed E-state index contributed by atoms with van der Waals surface area (Å²) in [5.74, 6) is 1.67. The van der Waals surface area contributed by atoms with Crippen molar-refractivity contribution in [1.82, 2.24) is 5.32 Å². The number of methoxy groups -OCH3 is 1. The Morgan fingerprint density at radius 1 is 1.33 bits per heavy atom. The van der Waals surface area contributed by atoms with E-state index in [1.54, 1.807) is 7.11 Å². The first-order valence-corrected chi connectivity index (χ1v) is 8.23. The number of rotatable bonds is 4. The highest BCUT2D eigenvalue weighted by Crippen LogP contribution is 2.39. The molecule has 0 saturated carbocycles. The van der Waals surface area contributed by atoms with Crippen molar-refractivity contribution in [3.05, 3.63) is 45.1 Å². The van der Waals surface area contributed by atoms with Crippen LogP contribution in [0, 0.1) is 6.92 Å². The first-order valence-electron chi connectivity index (χ1n) is 7.35. The second-order valence-electron chi connectivity index (χ2n) is 5.24. The molecule has 2 aromatic rings. The Morgan fingerprint density at radius 3 is 2.86 bits per heavy atom. The molecular formula is C17H21NO2S. The van der Waals surface area contributed by atoms with Crippen LogP contribution < -0.4 is 14.8 Å². The minimum absolute atomic E-state index is 0.263. The molecule has 0 bridgehead atoms. The molecule has 1 aliphatic rings. The van der Waals surface area contributed by atoms with Gasteiger partial charge in [0.25, 0.3) is 0 Å². The zero-order valence-electron chi connectivity index (χ0n) is 12.7. The summed E-state index contributed by atoms with van der Waals surface area (Å²) in [4.78, 5) is 1.39. The van der Waals surface area contributed by atoms with Gasteiger partial charge in [0.2, 0.25) is 0 Å². The number of ether oxygens (including phenoxy) is 2. The second kappa shape index (κ2) is 6.08. The number of fused-ring (bicyclic) bond motifs is 1. The van der Waals surface area contributed by atoms with E-state index < -0.39 is 0 Å². The van der Waals surface area contributed by atoms with E-state index >= 15 is 0 Å². The van der Waals surface area contributed by atoms with Crippen LogP contribution in [0.2, 0.25) is 0 Å². The summed E-state index contributed by atoms with van der Waals surface area (Å²) in [6.45, 7) is 5.81. The largest absolute Gasteiger partial charge is 0.493 e. The van der Waals surface area contributed by atoms with Gasteiger partial charge in [0, 0.05) is 11.4 Å². The average Bonchev–Trinajstić information content (AvgIpc) is 2.92. The van der Waals surface area contributed by atoms with Crippen molar-refractivity contribution < 1.29 is 9.47 Å². The summed E-state index contributed by atoms with van der Waals surface area (Å²) in [7, 11) is 1.70. The lowest BCUT2D eigenvalue weighted by Crippen LogP contribution is -2.30. The van der Waals surface area contributed by atoms with E-state index in [9.17, 15) is 0 Å². The average molecular weight is 303 g/mol. The van der Waals surface area contributed by atoms with E-state index in [1.807, 2.05) is 18.3 Å². The SMILES string of the molecule is CCOc1cc2c(cc1OC)CCNC2c1sccc1C. The Balaban J connectivity index is 2.08. The molecule has 1 aliphatic heterocycles. The molecule has 0 fully saturated rings. The van der Waals surface area contributed by atoms with Crippen molar-refractivity contribution in [3.8, 4) is 11.5 Å². The van der Waals surface area contributed by atoms with Crippen LogP contribution in [0.3, 0.4) is 0 Å². The first-order chi connectivity index (χ1) is 10.2. The zero-order valence-corrected chi connectivity index (χ0v) is 13.5. The number of aryl methyl sites for hydroxylation is 1. The van der Waals surface area contributed by atoms with Crippen LogP contribution in [0.15, 0.2) is 23.6 Å². The van der Waals surface area contributed by atoms with Gasteiger partial charge in [0.05, 0.1) is 19.8 Å². The molecule has 0 spiro atoms. The molecule has 21 heavy (non-hydrogen) atoms. The maximum Gasteiger partial charge on any atom is 0.161 e. The fourth-order valence-electron chi connectivity index (χ4n) is 2.91. The number of benzene rings is 1. The minimum Gasteiger partial charge on any atom is -0.493 e. The summed E-state index contributed by atoms with van der Waals surface area (Å²) in [5.41, 5.74) is 4.02. The predicted molar refractivity (Wildman–Crippen MR) is 86.8 cm³/mol. The van der Waals surface area contributed by atoms with Crippen LogP contribution >= 0.6 is 11.3 Å². The van der Waals surface area contributed by atoms with Gasteiger partial charge in [-0.25, -0.2) is 0 Å². The highest BCUT2D eigenvalue weighted by molar-refractivity contribution is 7.10. The van der Waals surface area contributed by atoms with E-state index in [4.69, 9.17) is 9.47 Å². The summed E-state index contributed by atoms with van der Waals surface area (Å²) in [6.07, 6.45) is 1.03. The molecule has 4 heteroatoms. The maximum absolute atomic E-state index is 5.74. The Labute approximate surface area is 129 Å². The molecule has 0 radical (unpaired) electrons. The Hall–Kier alpha value is -1.52.